The summed E-state index contributed by atoms with van der Waals surface area (Å²) < 4.78 is 1.84. The quantitative estimate of drug-likeness (QED) is 0.693. The first kappa shape index (κ1) is 8.27. The predicted molar refractivity (Wildman–Crippen MR) is 43.0 cm³/mol. The van der Waals surface area contributed by atoms with E-state index >= 15 is 0 Å². The van der Waals surface area contributed by atoms with Crippen LogP contribution in [0.3, 0.4) is 0 Å². The van der Waals surface area contributed by atoms with Gasteiger partial charge in [0, 0.05) is 19.4 Å². The Labute approximate surface area is 66.7 Å². The number of imidazole rings is 1. The average molecular weight is 154 g/mol. The SMILES string of the molecule is CC(C)[C@@H](O)c1nccn1C. The fourth-order valence-electron chi connectivity index (χ4n) is 0.960. The number of aliphatic hydroxyl groups excluding tert-OH is 1. The van der Waals surface area contributed by atoms with Crippen LogP contribution in [-0.2, 0) is 7.05 Å². The van der Waals surface area contributed by atoms with Crippen molar-refractivity contribution in [2.45, 2.75) is 20.0 Å². The van der Waals surface area contributed by atoms with Crippen LogP contribution in [-0.4, -0.2) is 14.7 Å². The molecule has 0 amide bonds. The smallest absolute Gasteiger partial charge is 0.137 e. The van der Waals surface area contributed by atoms with Gasteiger partial charge in [-0.05, 0) is 5.92 Å². The highest BCUT2D eigenvalue weighted by atomic mass is 16.3. The molecule has 62 valence electrons. The Kier molecular flexibility index (Phi) is 2.29. The molecule has 0 bridgehead atoms. The highest BCUT2D eigenvalue weighted by molar-refractivity contribution is 4.96. The Morgan fingerprint density at radius 2 is 2.18 bits per heavy atom. The lowest BCUT2D eigenvalue weighted by molar-refractivity contribution is 0.115. The molecule has 0 aromatic carbocycles. The van der Waals surface area contributed by atoms with E-state index in [4.69, 9.17) is 0 Å². The third-order valence-corrected chi connectivity index (χ3v) is 1.75. The molecule has 0 saturated carbocycles. The first-order valence-electron chi connectivity index (χ1n) is 3.78. The zero-order valence-electron chi connectivity index (χ0n) is 7.15. The maximum absolute atomic E-state index is 9.58. The summed E-state index contributed by atoms with van der Waals surface area (Å²) in [5, 5.41) is 9.58. The van der Waals surface area contributed by atoms with E-state index in [1.807, 2.05) is 31.7 Å². The molecule has 3 nitrogen and oxygen atoms in total. The molecular formula is C8H14N2O. The third kappa shape index (κ3) is 1.60. The number of rotatable bonds is 2. The zero-order chi connectivity index (χ0) is 8.43. The standard InChI is InChI=1S/C8H14N2O/c1-6(2)7(11)8-9-4-5-10(8)3/h4-7,11H,1-3H3/t7-/m1/s1. The molecule has 1 heterocycles. The number of aliphatic hydroxyl groups is 1. The van der Waals surface area contributed by atoms with Gasteiger partial charge >= 0.3 is 0 Å². The number of aromatic nitrogens is 2. The molecule has 0 aliphatic carbocycles. The topological polar surface area (TPSA) is 38.1 Å². The molecule has 1 aromatic rings. The van der Waals surface area contributed by atoms with Crippen molar-refractivity contribution in [2.24, 2.45) is 13.0 Å². The van der Waals surface area contributed by atoms with Crippen molar-refractivity contribution in [3.63, 3.8) is 0 Å². The minimum absolute atomic E-state index is 0.219. The van der Waals surface area contributed by atoms with Crippen LogP contribution in [0.5, 0.6) is 0 Å². The van der Waals surface area contributed by atoms with Gasteiger partial charge in [0.05, 0.1) is 0 Å². The van der Waals surface area contributed by atoms with E-state index in [1.54, 1.807) is 6.20 Å². The second-order valence-corrected chi connectivity index (χ2v) is 3.09. The van der Waals surface area contributed by atoms with Crippen molar-refractivity contribution in [3.8, 4) is 0 Å². The molecule has 3 heteroatoms. The van der Waals surface area contributed by atoms with Crippen LogP contribution in [0.25, 0.3) is 0 Å². The number of aryl methyl sites for hydroxylation is 1. The zero-order valence-corrected chi connectivity index (χ0v) is 7.15. The molecule has 1 aromatic heterocycles. The van der Waals surface area contributed by atoms with E-state index in [1.165, 1.54) is 0 Å². The summed E-state index contributed by atoms with van der Waals surface area (Å²) in [6, 6.07) is 0. The van der Waals surface area contributed by atoms with Crippen molar-refractivity contribution >= 4 is 0 Å². The van der Waals surface area contributed by atoms with E-state index in [-0.39, 0.29) is 5.92 Å². The maximum atomic E-state index is 9.58. The van der Waals surface area contributed by atoms with Crippen molar-refractivity contribution in [2.75, 3.05) is 0 Å². The Bertz CT molecular complexity index is 230. The number of hydrogen-bond acceptors (Lipinski definition) is 2. The molecule has 1 N–H and O–H groups in total. The molecule has 1 rings (SSSR count). The van der Waals surface area contributed by atoms with Crippen LogP contribution < -0.4 is 0 Å². The Balaban J connectivity index is 2.84. The van der Waals surface area contributed by atoms with Crippen LogP contribution in [0.2, 0.25) is 0 Å². The van der Waals surface area contributed by atoms with Gasteiger partial charge in [-0.15, -0.1) is 0 Å². The minimum Gasteiger partial charge on any atom is -0.385 e. The van der Waals surface area contributed by atoms with Gasteiger partial charge in [0.15, 0.2) is 0 Å². The van der Waals surface area contributed by atoms with Gasteiger partial charge in [-0.1, -0.05) is 13.8 Å². The minimum atomic E-state index is -0.449. The first-order chi connectivity index (χ1) is 5.13. The van der Waals surface area contributed by atoms with E-state index in [0.717, 1.165) is 5.82 Å². The lowest BCUT2D eigenvalue weighted by Gasteiger charge is -2.13. The second kappa shape index (κ2) is 3.05. The Morgan fingerprint density at radius 3 is 2.55 bits per heavy atom. The molecule has 0 saturated heterocycles. The summed E-state index contributed by atoms with van der Waals surface area (Å²) in [5.74, 6) is 0.955. The molecule has 0 radical (unpaired) electrons. The molecule has 1 atom stereocenters. The lowest BCUT2D eigenvalue weighted by Crippen LogP contribution is -2.10. The van der Waals surface area contributed by atoms with E-state index in [9.17, 15) is 5.11 Å². The van der Waals surface area contributed by atoms with Crippen LogP contribution >= 0.6 is 0 Å². The van der Waals surface area contributed by atoms with Crippen molar-refractivity contribution in [3.05, 3.63) is 18.2 Å². The van der Waals surface area contributed by atoms with E-state index < -0.39 is 6.10 Å². The fraction of sp³-hybridized carbons (Fsp3) is 0.625. The molecule has 0 spiro atoms. The molecule has 0 aliphatic rings. The molecular weight excluding hydrogens is 140 g/mol. The van der Waals surface area contributed by atoms with Gasteiger partial charge in [-0.25, -0.2) is 4.98 Å². The fourth-order valence-corrected chi connectivity index (χ4v) is 0.960. The predicted octanol–water partition coefficient (Wildman–Crippen LogP) is 1.11. The highest BCUT2D eigenvalue weighted by Gasteiger charge is 2.15. The summed E-state index contributed by atoms with van der Waals surface area (Å²) in [7, 11) is 1.88. The second-order valence-electron chi connectivity index (χ2n) is 3.09. The van der Waals surface area contributed by atoms with Gasteiger partial charge in [-0.3, -0.25) is 0 Å². The Morgan fingerprint density at radius 1 is 1.55 bits per heavy atom. The van der Waals surface area contributed by atoms with Gasteiger partial charge in [0.25, 0.3) is 0 Å². The maximum Gasteiger partial charge on any atom is 0.137 e. The van der Waals surface area contributed by atoms with Gasteiger partial charge in [-0.2, -0.15) is 0 Å². The molecule has 0 aliphatic heterocycles. The van der Waals surface area contributed by atoms with Gasteiger partial charge in [0.1, 0.15) is 11.9 Å². The normalized spacial score (nSPS) is 13.9. The number of hydrogen-bond donors (Lipinski definition) is 1. The number of nitrogens with zero attached hydrogens (tertiary/aromatic N) is 2. The van der Waals surface area contributed by atoms with Crippen LogP contribution in [0, 0.1) is 5.92 Å². The van der Waals surface area contributed by atoms with E-state index in [0.29, 0.717) is 0 Å². The van der Waals surface area contributed by atoms with Crippen LogP contribution in [0.4, 0.5) is 0 Å². The summed E-state index contributed by atoms with van der Waals surface area (Å²) in [4.78, 5) is 4.05. The average Bonchev–Trinajstić information content (AvgIpc) is 2.33. The lowest BCUT2D eigenvalue weighted by atomic mass is 10.1. The van der Waals surface area contributed by atoms with Crippen LogP contribution in [0.15, 0.2) is 12.4 Å². The van der Waals surface area contributed by atoms with Crippen molar-refractivity contribution in [1.82, 2.24) is 9.55 Å². The summed E-state index contributed by atoms with van der Waals surface area (Å²) in [6.45, 7) is 3.94. The van der Waals surface area contributed by atoms with Gasteiger partial charge in [0.2, 0.25) is 0 Å². The highest BCUT2D eigenvalue weighted by Crippen LogP contribution is 2.18. The van der Waals surface area contributed by atoms with Crippen molar-refractivity contribution < 1.29 is 5.11 Å². The van der Waals surface area contributed by atoms with Gasteiger partial charge < -0.3 is 9.67 Å². The third-order valence-electron chi connectivity index (χ3n) is 1.75. The summed E-state index contributed by atoms with van der Waals surface area (Å²) in [6.07, 6.45) is 3.08. The summed E-state index contributed by atoms with van der Waals surface area (Å²) in [5.41, 5.74) is 0. The Hall–Kier alpha value is -0.830. The monoisotopic (exact) mass is 154 g/mol. The molecule has 11 heavy (non-hydrogen) atoms. The molecule has 0 unspecified atom stereocenters. The largest absolute Gasteiger partial charge is 0.385 e. The molecule has 0 fully saturated rings. The van der Waals surface area contributed by atoms with Crippen LogP contribution in [0.1, 0.15) is 25.8 Å². The van der Waals surface area contributed by atoms with Crippen molar-refractivity contribution in [1.29, 1.82) is 0 Å². The summed E-state index contributed by atoms with van der Waals surface area (Å²) >= 11 is 0. The first-order valence-corrected chi connectivity index (χ1v) is 3.78. The van der Waals surface area contributed by atoms with E-state index in [2.05, 4.69) is 4.98 Å².